The molecule has 6 heteroatoms. The van der Waals surface area contributed by atoms with Gasteiger partial charge < -0.3 is 15.6 Å². The second kappa shape index (κ2) is 8.05. The first-order chi connectivity index (χ1) is 10.2. The maximum absolute atomic E-state index is 11.7. The topological polar surface area (TPSA) is 69.8 Å². The number of H-pyrrole nitrogens is 1. The fourth-order valence-electron chi connectivity index (χ4n) is 1.96. The molecule has 1 aromatic heterocycles. The van der Waals surface area contributed by atoms with E-state index in [0.717, 1.165) is 29.9 Å². The number of imidazole rings is 1. The molecule has 2 aromatic rings. The predicted molar refractivity (Wildman–Crippen MR) is 88.5 cm³/mol. The Bertz CT molecular complexity index is 551. The monoisotopic (exact) mass is 306 g/mol. The third-order valence-corrected chi connectivity index (χ3v) is 4.28. The Morgan fingerprint density at radius 1 is 1.38 bits per heavy atom. The summed E-state index contributed by atoms with van der Waals surface area (Å²) < 4.78 is 0. The highest BCUT2D eigenvalue weighted by Crippen LogP contribution is 2.27. The minimum Gasteiger partial charge on any atom is -0.354 e. The van der Waals surface area contributed by atoms with Crippen LogP contribution in [-0.4, -0.2) is 41.3 Å². The van der Waals surface area contributed by atoms with Gasteiger partial charge in [-0.3, -0.25) is 4.79 Å². The van der Waals surface area contributed by atoms with Crippen LogP contribution >= 0.6 is 11.8 Å². The molecule has 0 bridgehead atoms. The summed E-state index contributed by atoms with van der Waals surface area (Å²) in [4.78, 5) is 19.6. The lowest BCUT2D eigenvalue weighted by Gasteiger charge is -2.09. The van der Waals surface area contributed by atoms with E-state index < -0.39 is 0 Å². The van der Waals surface area contributed by atoms with Crippen LogP contribution < -0.4 is 10.6 Å². The van der Waals surface area contributed by atoms with Crippen LogP contribution in [-0.2, 0) is 4.79 Å². The number of thioether (sulfide) groups is 1. The van der Waals surface area contributed by atoms with Gasteiger partial charge in [-0.05, 0) is 25.6 Å². The van der Waals surface area contributed by atoms with Crippen LogP contribution in [0.5, 0.6) is 0 Å². The first-order valence-electron chi connectivity index (χ1n) is 7.24. The number of hydrogen-bond donors (Lipinski definition) is 3. The summed E-state index contributed by atoms with van der Waals surface area (Å²) in [5, 5.41) is 6.23. The molecular weight excluding hydrogens is 284 g/mol. The van der Waals surface area contributed by atoms with Crippen LogP contribution in [0.2, 0.25) is 0 Å². The van der Waals surface area contributed by atoms with Crippen LogP contribution in [0.1, 0.15) is 24.9 Å². The summed E-state index contributed by atoms with van der Waals surface area (Å²) in [5.74, 6) is 1.44. The third kappa shape index (κ3) is 4.75. The lowest BCUT2D eigenvalue weighted by atomic mass is 10.3. The summed E-state index contributed by atoms with van der Waals surface area (Å²) in [6.45, 7) is 6.52. The van der Waals surface area contributed by atoms with Crippen molar-refractivity contribution >= 4 is 28.7 Å². The molecule has 1 unspecified atom stereocenters. The molecule has 0 aliphatic carbocycles. The van der Waals surface area contributed by atoms with Crippen molar-refractivity contribution in [2.24, 2.45) is 0 Å². The standard InChI is InChI=1S/C15H22N4OS/c1-3-16-8-9-17-14(20)10-21-11(2)15-18-12-6-4-5-7-13(12)19-15/h4-7,11,16H,3,8-10H2,1-2H3,(H,17,20)(H,18,19). The van der Waals surface area contributed by atoms with Gasteiger partial charge in [0, 0.05) is 13.1 Å². The first kappa shape index (κ1) is 15.9. The zero-order chi connectivity index (χ0) is 15.1. The average molecular weight is 306 g/mol. The minimum absolute atomic E-state index is 0.0702. The van der Waals surface area contributed by atoms with Gasteiger partial charge in [-0.15, -0.1) is 11.8 Å². The van der Waals surface area contributed by atoms with E-state index in [2.05, 4.69) is 27.5 Å². The molecular formula is C15H22N4OS. The largest absolute Gasteiger partial charge is 0.354 e. The summed E-state index contributed by atoms with van der Waals surface area (Å²) >= 11 is 1.59. The number of amides is 1. The van der Waals surface area contributed by atoms with Crippen molar-refractivity contribution in [2.75, 3.05) is 25.4 Å². The second-order valence-electron chi connectivity index (χ2n) is 4.80. The molecule has 0 fully saturated rings. The Labute approximate surface area is 129 Å². The average Bonchev–Trinajstić information content (AvgIpc) is 2.93. The Balaban J connectivity index is 1.78. The molecule has 1 amide bonds. The van der Waals surface area contributed by atoms with Crippen molar-refractivity contribution in [1.82, 2.24) is 20.6 Å². The SMILES string of the molecule is CCNCCNC(=O)CSC(C)c1nc2ccccc2[nH]1. The zero-order valence-corrected chi connectivity index (χ0v) is 13.3. The van der Waals surface area contributed by atoms with E-state index >= 15 is 0 Å². The van der Waals surface area contributed by atoms with Gasteiger partial charge in [-0.1, -0.05) is 19.1 Å². The van der Waals surface area contributed by atoms with Crippen LogP contribution in [0.25, 0.3) is 11.0 Å². The van der Waals surface area contributed by atoms with E-state index in [0.29, 0.717) is 12.3 Å². The van der Waals surface area contributed by atoms with Gasteiger partial charge in [-0.25, -0.2) is 4.98 Å². The lowest BCUT2D eigenvalue weighted by Crippen LogP contribution is -2.32. The molecule has 3 N–H and O–H groups in total. The highest BCUT2D eigenvalue weighted by Gasteiger charge is 2.13. The predicted octanol–water partition coefficient (Wildman–Crippen LogP) is 2.08. The molecule has 1 aromatic carbocycles. The highest BCUT2D eigenvalue weighted by molar-refractivity contribution is 8.00. The molecule has 0 aliphatic rings. The smallest absolute Gasteiger partial charge is 0.230 e. The van der Waals surface area contributed by atoms with E-state index in [1.165, 1.54) is 0 Å². The number of nitrogens with one attached hydrogen (secondary N) is 3. The number of nitrogens with zero attached hydrogens (tertiary/aromatic N) is 1. The maximum Gasteiger partial charge on any atom is 0.230 e. The summed E-state index contributed by atoms with van der Waals surface area (Å²) in [6, 6.07) is 7.96. The van der Waals surface area contributed by atoms with Gasteiger partial charge in [0.2, 0.25) is 5.91 Å². The number of benzene rings is 1. The number of hydrogen-bond acceptors (Lipinski definition) is 4. The van der Waals surface area contributed by atoms with Crippen LogP contribution in [0.4, 0.5) is 0 Å². The van der Waals surface area contributed by atoms with Crippen molar-refractivity contribution in [3.63, 3.8) is 0 Å². The van der Waals surface area contributed by atoms with Crippen molar-refractivity contribution in [3.8, 4) is 0 Å². The fraction of sp³-hybridized carbons (Fsp3) is 0.467. The Morgan fingerprint density at radius 2 is 2.19 bits per heavy atom. The van der Waals surface area contributed by atoms with E-state index in [-0.39, 0.29) is 11.2 Å². The molecule has 0 aliphatic heterocycles. The molecule has 5 nitrogen and oxygen atoms in total. The molecule has 0 spiro atoms. The van der Waals surface area contributed by atoms with Crippen molar-refractivity contribution in [3.05, 3.63) is 30.1 Å². The fourth-order valence-corrected chi connectivity index (χ4v) is 2.74. The summed E-state index contributed by atoms with van der Waals surface area (Å²) in [7, 11) is 0. The Morgan fingerprint density at radius 3 is 2.95 bits per heavy atom. The van der Waals surface area contributed by atoms with Crippen molar-refractivity contribution in [2.45, 2.75) is 19.1 Å². The summed E-state index contributed by atoms with van der Waals surface area (Å²) in [6.07, 6.45) is 0. The molecule has 114 valence electrons. The lowest BCUT2D eigenvalue weighted by molar-refractivity contribution is -0.118. The first-order valence-corrected chi connectivity index (χ1v) is 8.29. The van der Waals surface area contributed by atoms with E-state index in [1.54, 1.807) is 11.8 Å². The Hall–Kier alpha value is -1.53. The van der Waals surface area contributed by atoms with Gasteiger partial charge in [0.1, 0.15) is 5.82 Å². The number of likely N-dealkylation sites (N-methyl/N-ethyl adjacent to an activating group) is 1. The van der Waals surface area contributed by atoms with Crippen molar-refractivity contribution in [1.29, 1.82) is 0 Å². The number of rotatable bonds is 8. The zero-order valence-electron chi connectivity index (χ0n) is 12.5. The maximum atomic E-state index is 11.7. The number of fused-ring (bicyclic) bond motifs is 1. The van der Waals surface area contributed by atoms with E-state index in [1.807, 2.05) is 31.2 Å². The molecule has 0 saturated carbocycles. The normalized spacial score (nSPS) is 12.5. The van der Waals surface area contributed by atoms with Crippen LogP contribution in [0.15, 0.2) is 24.3 Å². The minimum atomic E-state index is 0.0702. The van der Waals surface area contributed by atoms with Gasteiger partial charge in [0.25, 0.3) is 0 Å². The van der Waals surface area contributed by atoms with Gasteiger partial charge in [0.05, 0.1) is 22.0 Å². The molecule has 1 atom stereocenters. The number of aromatic nitrogens is 2. The number of carbonyl (C=O) groups excluding carboxylic acids is 1. The van der Waals surface area contributed by atoms with Crippen molar-refractivity contribution < 1.29 is 4.79 Å². The molecule has 0 saturated heterocycles. The Kier molecular flexibility index (Phi) is 6.07. The number of aromatic amines is 1. The van der Waals surface area contributed by atoms with Crippen LogP contribution in [0, 0.1) is 0 Å². The quantitative estimate of drug-likeness (QED) is 0.653. The molecule has 0 radical (unpaired) electrons. The van der Waals surface area contributed by atoms with Crippen LogP contribution in [0.3, 0.4) is 0 Å². The van der Waals surface area contributed by atoms with E-state index in [9.17, 15) is 4.79 Å². The molecule has 1 heterocycles. The highest BCUT2D eigenvalue weighted by atomic mass is 32.2. The number of para-hydroxylation sites is 2. The van der Waals surface area contributed by atoms with Gasteiger partial charge >= 0.3 is 0 Å². The third-order valence-electron chi connectivity index (χ3n) is 3.13. The summed E-state index contributed by atoms with van der Waals surface area (Å²) in [5.41, 5.74) is 2.00. The van der Waals surface area contributed by atoms with Gasteiger partial charge in [0.15, 0.2) is 0 Å². The van der Waals surface area contributed by atoms with E-state index in [4.69, 9.17) is 0 Å². The van der Waals surface area contributed by atoms with Gasteiger partial charge in [-0.2, -0.15) is 0 Å². The molecule has 21 heavy (non-hydrogen) atoms. The second-order valence-corrected chi connectivity index (χ2v) is 6.13. The number of carbonyl (C=O) groups is 1. The molecule has 2 rings (SSSR count).